The van der Waals surface area contributed by atoms with Gasteiger partial charge in [-0.15, -0.1) is 0 Å². The molecule has 34 heavy (non-hydrogen) atoms. The van der Waals surface area contributed by atoms with E-state index in [-0.39, 0.29) is 17.9 Å². The van der Waals surface area contributed by atoms with Crippen LogP contribution in [0.15, 0.2) is 48.5 Å². The number of amides is 1. The number of nitrogens with one attached hydrogen (secondary N) is 2. The van der Waals surface area contributed by atoms with Gasteiger partial charge in [-0.3, -0.25) is 4.79 Å². The monoisotopic (exact) mass is 476 g/mol. The number of alkyl halides is 3. The van der Waals surface area contributed by atoms with Crippen LogP contribution in [0.1, 0.15) is 34.6 Å². The van der Waals surface area contributed by atoms with Gasteiger partial charge in [0.2, 0.25) is 0 Å². The van der Waals surface area contributed by atoms with Crippen molar-refractivity contribution in [3.8, 4) is 17.2 Å². The highest BCUT2D eigenvalue weighted by Crippen LogP contribution is 2.44. The largest absolute Gasteiger partial charge is 0.497 e. The van der Waals surface area contributed by atoms with Gasteiger partial charge in [0.15, 0.2) is 23.2 Å². The van der Waals surface area contributed by atoms with Crippen LogP contribution < -0.4 is 24.8 Å². The summed E-state index contributed by atoms with van der Waals surface area (Å²) >= 11 is 0. The van der Waals surface area contributed by atoms with Gasteiger partial charge in [-0.1, -0.05) is 6.07 Å². The third-order valence-corrected chi connectivity index (χ3v) is 5.58. The number of aromatic nitrogens is 2. The molecular formula is C23H23F3N4O4. The third-order valence-electron chi connectivity index (χ3n) is 5.58. The van der Waals surface area contributed by atoms with Crippen molar-refractivity contribution in [3.05, 3.63) is 59.8 Å². The number of anilines is 2. The van der Waals surface area contributed by atoms with Gasteiger partial charge in [-0.05, 0) is 42.0 Å². The molecule has 2 aromatic carbocycles. The molecule has 0 saturated carbocycles. The molecule has 0 saturated heterocycles. The van der Waals surface area contributed by atoms with E-state index in [2.05, 4.69) is 15.7 Å². The van der Waals surface area contributed by atoms with Crippen molar-refractivity contribution in [2.24, 2.45) is 0 Å². The molecule has 1 aliphatic heterocycles. The van der Waals surface area contributed by atoms with Crippen LogP contribution in [0.3, 0.4) is 0 Å². The van der Waals surface area contributed by atoms with Crippen molar-refractivity contribution >= 4 is 17.4 Å². The number of hydrogen-bond acceptors (Lipinski definition) is 6. The number of ether oxygens (including phenoxy) is 3. The summed E-state index contributed by atoms with van der Waals surface area (Å²) in [5.74, 6) is 0.945. The lowest BCUT2D eigenvalue weighted by Gasteiger charge is -2.33. The molecule has 11 heteroatoms. The summed E-state index contributed by atoms with van der Waals surface area (Å²) in [6, 6.07) is 10.2. The van der Waals surface area contributed by atoms with Crippen LogP contribution in [0.5, 0.6) is 17.2 Å². The van der Waals surface area contributed by atoms with Gasteiger partial charge < -0.3 is 24.8 Å². The molecule has 3 aromatic rings. The number of rotatable bonds is 6. The minimum atomic E-state index is -4.57. The maximum absolute atomic E-state index is 14.0. The molecular weight excluding hydrogens is 453 g/mol. The minimum Gasteiger partial charge on any atom is -0.497 e. The number of halogens is 3. The maximum Gasteiger partial charge on any atom is 0.410 e. The lowest BCUT2D eigenvalue weighted by molar-refractivity contribution is -0.173. The average molecular weight is 476 g/mol. The minimum absolute atomic E-state index is 0.0910. The molecule has 2 atom stereocenters. The zero-order valence-corrected chi connectivity index (χ0v) is 18.6. The number of fused-ring (bicyclic) bond motifs is 1. The van der Waals surface area contributed by atoms with Crippen LogP contribution in [0.2, 0.25) is 0 Å². The average Bonchev–Trinajstić information content (AvgIpc) is 3.27. The molecule has 1 aliphatic rings. The third kappa shape index (κ3) is 4.59. The molecule has 2 heterocycles. The summed E-state index contributed by atoms with van der Waals surface area (Å²) in [4.78, 5) is 12.7. The first-order chi connectivity index (χ1) is 16.2. The number of carbonyl (C=O) groups is 1. The summed E-state index contributed by atoms with van der Waals surface area (Å²) in [6.45, 7) is 0. The Hall–Kier alpha value is -3.89. The maximum atomic E-state index is 14.0. The normalized spacial score (nSPS) is 17.4. The quantitative estimate of drug-likeness (QED) is 0.531. The first-order valence-corrected chi connectivity index (χ1v) is 10.3. The Labute approximate surface area is 193 Å². The Balaban J connectivity index is 1.62. The highest BCUT2D eigenvalue weighted by Gasteiger charge is 2.47. The Kier molecular flexibility index (Phi) is 6.27. The van der Waals surface area contributed by atoms with Crippen LogP contribution in [-0.2, 0) is 0 Å². The van der Waals surface area contributed by atoms with Gasteiger partial charge in [0.05, 0.1) is 27.4 Å². The number of hydrogen-bond donors (Lipinski definition) is 2. The second-order valence-corrected chi connectivity index (χ2v) is 7.65. The van der Waals surface area contributed by atoms with E-state index in [0.29, 0.717) is 28.5 Å². The van der Waals surface area contributed by atoms with Crippen molar-refractivity contribution in [2.75, 3.05) is 32.0 Å². The molecule has 0 unspecified atom stereocenters. The van der Waals surface area contributed by atoms with Crippen molar-refractivity contribution in [1.82, 2.24) is 9.78 Å². The summed E-state index contributed by atoms with van der Waals surface area (Å²) in [6.07, 6.45) is -4.88. The molecule has 0 radical (unpaired) electrons. The smallest absolute Gasteiger partial charge is 0.410 e. The zero-order valence-electron chi connectivity index (χ0n) is 18.6. The molecule has 0 aliphatic carbocycles. The van der Waals surface area contributed by atoms with E-state index >= 15 is 0 Å². The fourth-order valence-corrected chi connectivity index (χ4v) is 3.84. The molecule has 1 amide bonds. The van der Waals surface area contributed by atoms with Gasteiger partial charge in [-0.2, -0.15) is 18.3 Å². The topological polar surface area (TPSA) is 86.6 Å². The standard InChI is InChI=1S/C23H23F3N4O4/c1-32-15-7-5-14(6-8-15)27-22(31)17-12-21-28-16(11-20(23(24,25)26)30(21)29-17)13-4-9-18(33-2)19(10-13)34-3/h4-10,12,16,20,28H,11H2,1-3H3,(H,27,31)/t16-,20-/m0/s1. The highest BCUT2D eigenvalue weighted by atomic mass is 19.4. The van der Waals surface area contributed by atoms with Gasteiger partial charge >= 0.3 is 6.18 Å². The van der Waals surface area contributed by atoms with Crippen molar-refractivity contribution in [2.45, 2.75) is 24.7 Å². The van der Waals surface area contributed by atoms with Crippen LogP contribution in [-0.4, -0.2) is 43.2 Å². The van der Waals surface area contributed by atoms with E-state index in [1.807, 2.05) is 0 Å². The Morgan fingerprint density at radius 1 is 1.03 bits per heavy atom. The number of carbonyl (C=O) groups excluding carboxylic acids is 1. The molecule has 0 fully saturated rings. The molecule has 1 aromatic heterocycles. The van der Waals surface area contributed by atoms with Gasteiger partial charge in [0.25, 0.3) is 5.91 Å². The van der Waals surface area contributed by atoms with E-state index in [1.54, 1.807) is 42.5 Å². The van der Waals surface area contributed by atoms with Gasteiger partial charge in [-0.25, -0.2) is 4.68 Å². The van der Waals surface area contributed by atoms with E-state index in [4.69, 9.17) is 14.2 Å². The Morgan fingerprint density at radius 2 is 1.74 bits per heavy atom. The predicted molar refractivity (Wildman–Crippen MR) is 119 cm³/mol. The van der Waals surface area contributed by atoms with Crippen LogP contribution in [0.4, 0.5) is 24.7 Å². The molecule has 180 valence electrons. The van der Waals surface area contributed by atoms with E-state index < -0.39 is 24.2 Å². The van der Waals surface area contributed by atoms with Crippen molar-refractivity contribution in [1.29, 1.82) is 0 Å². The van der Waals surface area contributed by atoms with Crippen LogP contribution in [0, 0.1) is 0 Å². The number of methoxy groups -OCH3 is 3. The van der Waals surface area contributed by atoms with Crippen LogP contribution in [0.25, 0.3) is 0 Å². The lowest BCUT2D eigenvalue weighted by atomic mass is 9.96. The Morgan fingerprint density at radius 3 is 2.35 bits per heavy atom. The number of benzene rings is 2. The van der Waals surface area contributed by atoms with Crippen molar-refractivity contribution in [3.63, 3.8) is 0 Å². The van der Waals surface area contributed by atoms with E-state index in [9.17, 15) is 18.0 Å². The fraction of sp³-hybridized carbons (Fsp3) is 0.304. The SMILES string of the molecule is COc1ccc(NC(=O)c2cc3n(n2)[C@H](C(F)(F)F)C[C@@H](c2ccc(OC)c(OC)c2)N3)cc1. The lowest BCUT2D eigenvalue weighted by Crippen LogP contribution is -2.35. The molecule has 0 bridgehead atoms. The zero-order chi connectivity index (χ0) is 24.5. The first-order valence-electron chi connectivity index (χ1n) is 10.3. The first kappa shape index (κ1) is 23.3. The second-order valence-electron chi connectivity index (χ2n) is 7.65. The summed E-state index contributed by atoms with van der Waals surface area (Å²) in [5, 5.41) is 9.67. The number of nitrogens with zero attached hydrogens (tertiary/aromatic N) is 2. The predicted octanol–water partition coefficient (Wildman–Crippen LogP) is 4.82. The van der Waals surface area contributed by atoms with E-state index in [0.717, 1.165) is 4.68 Å². The second kappa shape index (κ2) is 9.16. The van der Waals surface area contributed by atoms with Crippen molar-refractivity contribution < 1.29 is 32.2 Å². The molecule has 8 nitrogen and oxygen atoms in total. The van der Waals surface area contributed by atoms with Crippen LogP contribution >= 0.6 is 0 Å². The molecule has 2 N–H and O–H groups in total. The van der Waals surface area contributed by atoms with E-state index in [1.165, 1.54) is 27.4 Å². The molecule has 0 spiro atoms. The summed E-state index contributed by atoms with van der Waals surface area (Å²) in [7, 11) is 4.45. The summed E-state index contributed by atoms with van der Waals surface area (Å²) < 4.78 is 58.3. The van der Waals surface area contributed by atoms with Gasteiger partial charge in [0, 0.05) is 18.2 Å². The van der Waals surface area contributed by atoms with Gasteiger partial charge in [0.1, 0.15) is 11.6 Å². The summed E-state index contributed by atoms with van der Waals surface area (Å²) in [5.41, 5.74) is 0.907. The molecule has 4 rings (SSSR count). The highest BCUT2D eigenvalue weighted by molar-refractivity contribution is 6.03. The fourth-order valence-electron chi connectivity index (χ4n) is 3.84. The Bertz CT molecular complexity index is 1180.